The Kier molecular flexibility index (Phi) is 7.70. The highest BCUT2D eigenvalue weighted by Crippen LogP contribution is 2.29. The van der Waals surface area contributed by atoms with Gasteiger partial charge >= 0.3 is 0 Å². The molecule has 1 aromatic carbocycles. The Bertz CT molecular complexity index is 615. The zero-order valence-corrected chi connectivity index (χ0v) is 16.7. The monoisotopic (exact) mass is 465 g/mol. The van der Waals surface area contributed by atoms with Crippen LogP contribution in [0.25, 0.3) is 0 Å². The highest BCUT2D eigenvalue weighted by Gasteiger charge is 2.23. The van der Waals surface area contributed by atoms with Crippen LogP contribution in [0.5, 0.6) is 5.75 Å². The fraction of sp³-hybridized carbons (Fsp3) is 0.588. The highest BCUT2D eigenvalue weighted by molar-refractivity contribution is 14.0. The number of benzene rings is 1. The van der Waals surface area contributed by atoms with E-state index in [1.165, 1.54) is 12.1 Å². The lowest BCUT2D eigenvalue weighted by Gasteiger charge is -2.22. The summed E-state index contributed by atoms with van der Waals surface area (Å²) in [5, 5.41) is 12.9. The summed E-state index contributed by atoms with van der Waals surface area (Å²) in [6.07, 6.45) is 1.05. The van der Waals surface area contributed by atoms with Crippen molar-refractivity contribution in [2.45, 2.75) is 32.5 Å². The minimum Gasteiger partial charge on any atom is -0.467 e. The normalized spacial score (nSPS) is 19.9. The molecule has 0 aliphatic carbocycles. The quantitative estimate of drug-likeness (QED) is 0.404. The summed E-state index contributed by atoms with van der Waals surface area (Å²) in [5.74, 6) is 1.24. The minimum absolute atomic E-state index is 0. The molecular weight excluding hydrogens is 440 g/mol. The highest BCUT2D eigenvalue weighted by atomic mass is 127. The van der Waals surface area contributed by atoms with Gasteiger partial charge < -0.3 is 24.8 Å². The number of hydrogen-bond acceptors (Lipinski definition) is 4. The van der Waals surface area contributed by atoms with Crippen LogP contribution in [0.1, 0.15) is 24.5 Å². The third-order valence-electron chi connectivity index (χ3n) is 4.19. The third kappa shape index (κ3) is 5.18. The fourth-order valence-corrected chi connectivity index (χ4v) is 3.08. The number of aliphatic hydroxyl groups excluding tert-OH is 1. The molecule has 25 heavy (non-hydrogen) atoms. The van der Waals surface area contributed by atoms with Crippen molar-refractivity contribution in [2.75, 3.05) is 33.0 Å². The molecule has 0 radical (unpaired) electrons. The van der Waals surface area contributed by atoms with Gasteiger partial charge in [-0.25, -0.2) is 4.39 Å². The molecule has 1 saturated heterocycles. The van der Waals surface area contributed by atoms with Crippen LogP contribution in [0.2, 0.25) is 0 Å². The number of guanidine groups is 1. The molecule has 0 saturated carbocycles. The van der Waals surface area contributed by atoms with E-state index in [1.807, 2.05) is 6.92 Å². The number of nitrogens with one attached hydrogen (secondary N) is 1. The van der Waals surface area contributed by atoms with Gasteiger partial charge in [-0.15, -0.1) is 24.0 Å². The Labute approximate surface area is 164 Å². The van der Waals surface area contributed by atoms with Gasteiger partial charge in [0, 0.05) is 31.7 Å². The predicted molar refractivity (Wildman–Crippen MR) is 104 cm³/mol. The van der Waals surface area contributed by atoms with E-state index in [-0.39, 0.29) is 42.7 Å². The Hall–Kier alpha value is -1.13. The second-order valence-corrected chi connectivity index (χ2v) is 6.04. The maximum absolute atomic E-state index is 13.8. The van der Waals surface area contributed by atoms with Crippen molar-refractivity contribution in [1.82, 2.24) is 10.2 Å². The third-order valence-corrected chi connectivity index (χ3v) is 4.19. The Morgan fingerprint density at radius 3 is 3.04 bits per heavy atom. The standard InChI is InChI=1S/C17H24FN3O3.HI/c1-2-19-17(21-6-4-15(22)9-21)20-5-3-12-7-14(18)8-13-10-23-11-24-16(12)13;/h7-8,15,22H,2-6,9-11H2,1H3,(H,19,20);1H/t15-;/m1./s1. The average Bonchev–Trinajstić information content (AvgIpc) is 3.00. The average molecular weight is 465 g/mol. The molecule has 2 heterocycles. The van der Waals surface area contributed by atoms with E-state index in [2.05, 4.69) is 15.2 Å². The lowest BCUT2D eigenvalue weighted by atomic mass is 10.1. The van der Waals surface area contributed by atoms with Crippen LogP contribution in [0.4, 0.5) is 4.39 Å². The molecule has 1 atom stereocenters. The van der Waals surface area contributed by atoms with Crippen LogP contribution in [0.3, 0.4) is 0 Å². The summed E-state index contributed by atoms with van der Waals surface area (Å²) < 4.78 is 24.5. The minimum atomic E-state index is -0.294. The Morgan fingerprint density at radius 1 is 1.48 bits per heavy atom. The van der Waals surface area contributed by atoms with Gasteiger partial charge in [0.15, 0.2) is 12.8 Å². The molecule has 140 valence electrons. The van der Waals surface area contributed by atoms with Crippen molar-refractivity contribution >= 4 is 29.9 Å². The zero-order valence-electron chi connectivity index (χ0n) is 14.3. The van der Waals surface area contributed by atoms with E-state index in [4.69, 9.17) is 9.47 Å². The first-order valence-electron chi connectivity index (χ1n) is 8.40. The number of fused-ring (bicyclic) bond motifs is 1. The van der Waals surface area contributed by atoms with Crippen molar-refractivity contribution in [2.24, 2.45) is 4.99 Å². The van der Waals surface area contributed by atoms with E-state index < -0.39 is 0 Å². The van der Waals surface area contributed by atoms with Gasteiger partial charge in [0.25, 0.3) is 0 Å². The van der Waals surface area contributed by atoms with E-state index in [9.17, 15) is 9.50 Å². The first-order chi connectivity index (χ1) is 11.7. The number of likely N-dealkylation sites (tertiary alicyclic amines) is 1. The first kappa shape index (κ1) is 20.2. The molecule has 1 fully saturated rings. The topological polar surface area (TPSA) is 66.3 Å². The van der Waals surface area contributed by atoms with Crippen LogP contribution in [0.15, 0.2) is 17.1 Å². The molecule has 0 bridgehead atoms. The molecule has 6 nitrogen and oxygen atoms in total. The molecular formula is C17H25FIN3O3. The van der Waals surface area contributed by atoms with Gasteiger partial charge in [-0.2, -0.15) is 0 Å². The predicted octanol–water partition coefficient (Wildman–Crippen LogP) is 1.88. The molecule has 0 spiro atoms. The number of β-amino-alcohol motifs (C(OH)–C–C–N with tert-alkyl or cyclic N) is 1. The van der Waals surface area contributed by atoms with Gasteiger partial charge in [0.05, 0.1) is 12.7 Å². The van der Waals surface area contributed by atoms with Crippen molar-refractivity contribution < 1.29 is 19.0 Å². The second kappa shape index (κ2) is 9.54. The van der Waals surface area contributed by atoms with Crippen LogP contribution >= 0.6 is 24.0 Å². The molecule has 0 amide bonds. The summed E-state index contributed by atoms with van der Waals surface area (Å²) in [5.41, 5.74) is 1.56. The number of rotatable bonds is 4. The summed E-state index contributed by atoms with van der Waals surface area (Å²) in [7, 11) is 0. The lowest BCUT2D eigenvalue weighted by Crippen LogP contribution is -2.40. The Balaban J connectivity index is 0.00000225. The van der Waals surface area contributed by atoms with Crippen molar-refractivity contribution in [3.8, 4) is 5.75 Å². The number of nitrogens with zero attached hydrogens (tertiary/aromatic N) is 2. The van der Waals surface area contributed by atoms with E-state index >= 15 is 0 Å². The number of hydrogen-bond donors (Lipinski definition) is 2. The summed E-state index contributed by atoms with van der Waals surface area (Å²) >= 11 is 0. The van der Waals surface area contributed by atoms with Crippen LogP contribution in [0, 0.1) is 5.82 Å². The summed E-state index contributed by atoms with van der Waals surface area (Å²) in [6.45, 7) is 5.26. The van der Waals surface area contributed by atoms with Gasteiger partial charge in [0.2, 0.25) is 0 Å². The van der Waals surface area contributed by atoms with Gasteiger partial charge in [-0.05, 0) is 37.5 Å². The Morgan fingerprint density at radius 2 is 2.32 bits per heavy atom. The largest absolute Gasteiger partial charge is 0.467 e. The van der Waals surface area contributed by atoms with Gasteiger partial charge in [-0.1, -0.05) is 0 Å². The SMILES string of the molecule is CCNC(=NCCc1cc(F)cc2c1OCOC2)N1CC[C@@H](O)C1.I. The number of aliphatic hydroxyl groups is 1. The summed E-state index contributed by atoms with van der Waals surface area (Å²) in [6, 6.07) is 2.96. The van der Waals surface area contributed by atoms with Crippen molar-refractivity contribution in [3.63, 3.8) is 0 Å². The maximum atomic E-state index is 13.8. The molecule has 1 aromatic rings. The van der Waals surface area contributed by atoms with Gasteiger partial charge in [-0.3, -0.25) is 4.99 Å². The lowest BCUT2D eigenvalue weighted by molar-refractivity contribution is -0.0172. The van der Waals surface area contributed by atoms with Crippen molar-refractivity contribution in [3.05, 3.63) is 29.1 Å². The molecule has 2 aliphatic heterocycles. The second-order valence-electron chi connectivity index (χ2n) is 6.04. The first-order valence-corrected chi connectivity index (χ1v) is 8.40. The molecule has 2 aliphatic rings. The van der Waals surface area contributed by atoms with E-state index in [0.29, 0.717) is 26.1 Å². The number of halogens is 2. The molecule has 8 heteroatoms. The van der Waals surface area contributed by atoms with Gasteiger partial charge in [0.1, 0.15) is 11.6 Å². The maximum Gasteiger partial charge on any atom is 0.194 e. The van der Waals surface area contributed by atoms with Crippen LogP contribution in [-0.2, 0) is 17.8 Å². The van der Waals surface area contributed by atoms with Crippen molar-refractivity contribution in [1.29, 1.82) is 0 Å². The zero-order chi connectivity index (χ0) is 16.9. The molecule has 2 N–H and O–H groups in total. The molecule has 0 unspecified atom stereocenters. The number of ether oxygens (including phenoxy) is 2. The van der Waals surface area contributed by atoms with Crippen LogP contribution < -0.4 is 10.1 Å². The molecule has 3 rings (SSSR count). The van der Waals surface area contributed by atoms with E-state index in [1.54, 1.807) is 0 Å². The summed E-state index contributed by atoms with van der Waals surface area (Å²) in [4.78, 5) is 6.67. The number of aliphatic imine (C=N–C) groups is 1. The smallest absolute Gasteiger partial charge is 0.194 e. The fourth-order valence-electron chi connectivity index (χ4n) is 3.08. The van der Waals surface area contributed by atoms with Crippen LogP contribution in [-0.4, -0.2) is 55.0 Å². The molecule has 0 aromatic heterocycles. The van der Waals surface area contributed by atoms with E-state index in [0.717, 1.165) is 42.3 Å².